The van der Waals surface area contributed by atoms with E-state index in [4.69, 9.17) is 19.2 Å². The summed E-state index contributed by atoms with van der Waals surface area (Å²) in [6.45, 7) is 0.571. The molecular formula is C38H31F3N6O4S. The molecule has 4 aromatic heterocycles. The van der Waals surface area contributed by atoms with Crippen LogP contribution in [-0.2, 0) is 25.4 Å². The highest BCUT2D eigenvalue weighted by Crippen LogP contribution is 2.50. The summed E-state index contributed by atoms with van der Waals surface area (Å²) in [5.41, 5.74) is 4.03. The van der Waals surface area contributed by atoms with E-state index in [1.165, 1.54) is 29.0 Å². The molecule has 6 heterocycles. The summed E-state index contributed by atoms with van der Waals surface area (Å²) in [5.74, 6) is 0.625. The van der Waals surface area contributed by atoms with Crippen LogP contribution in [0.4, 0.5) is 19.0 Å². The fourth-order valence-corrected chi connectivity index (χ4v) is 9.32. The number of ether oxygens (including phenoxy) is 1. The number of thiophene rings is 1. The molecule has 10 nitrogen and oxygen atoms in total. The fraction of sp³-hybridized carbons (Fsp3) is 0.289. The molecule has 1 fully saturated rings. The van der Waals surface area contributed by atoms with Crippen molar-refractivity contribution in [1.29, 1.82) is 0 Å². The minimum Gasteiger partial charge on any atom is -0.496 e. The molecule has 9 rings (SSSR count). The molecule has 2 aliphatic heterocycles. The van der Waals surface area contributed by atoms with Gasteiger partial charge in [-0.05, 0) is 84.9 Å². The molecule has 2 N–H and O–H groups in total. The molecule has 0 spiro atoms. The maximum Gasteiger partial charge on any atom is 0.439 e. The van der Waals surface area contributed by atoms with E-state index in [1.807, 2.05) is 29.2 Å². The van der Waals surface area contributed by atoms with Crippen molar-refractivity contribution in [3.05, 3.63) is 111 Å². The Kier molecular flexibility index (Phi) is 7.68. The minimum atomic E-state index is -4.53. The first-order valence-electron chi connectivity index (χ1n) is 17.1. The quantitative estimate of drug-likeness (QED) is 0.162. The smallest absolute Gasteiger partial charge is 0.439 e. The van der Waals surface area contributed by atoms with E-state index in [2.05, 4.69) is 21.5 Å². The number of aromatic amines is 1. The molecule has 1 saturated heterocycles. The number of H-pyrrole nitrogens is 1. The Hall–Kier alpha value is -5.50. The topological polar surface area (TPSA) is 126 Å². The predicted octanol–water partition coefficient (Wildman–Crippen LogP) is 7.90. The molecule has 1 aliphatic carbocycles. The zero-order valence-corrected chi connectivity index (χ0v) is 28.7. The van der Waals surface area contributed by atoms with Gasteiger partial charge in [0, 0.05) is 23.2 Å². The zero-order chi connectivity index (χ0) is 35.7. The Morgan fingerprint density at radius 3 is 2.73 bits per heavy atom. The van der Waals surface area contributed by atoms with Gasteiger partial charge in [-0.15, -0.1) is 11.3 Å². The lowest BCUT2D eigenvalue weighted by Gasteiger charge is -2.17. The van der Waals surface area contributed by atoms with E-state index in [1.54, 1.807) is 19.4 Å². The van der Waals surface area contributed by atoms with Gasteiger partial charge in [0.05, 0.1) is 52.0 Å². The molecule has 2 atom stereocenters. The Morgan fingerprint density at radius 2 is 1.92 bits per heavy atom. The summed E-state index contributed by atoms with van der Waals surface area (Å²) >= 11 is 1.44. The van der Waals surface area contributed by atoms with Crippen molar-refractivity contribution in [2.75, 3.05) is 19.0 Å². The molecule has 2 unspecified atom stereocenters. The number of carbonyl (C=O) groups is 1. The minimum absolute atomic E-state index is 0.00891. The van der Waals surface area contributed by atoms with Gasteiger partial charge in [0.2, 0.25) is 0 Å². The van der Waals surface area contributed by atoms with Crippen LogP contribution in [0.1, 0.15) is 75.3 Å². The lowest BCUT2D eigenvalue weighted by molar-refractivity contribution is -0.138. The molecule has 0 bridgehead atoms. The monoisotopic (exact) mass is 724 g/mol. The van der Waals surface area contributed by atoms with E-state index in [9.17, 15) is 22.8 Å². The van der Waals surface area contributed by atoms with Crippen molar-refractivity contribution < 1.29 is 27.2 Å². The number of anilines is 1. The molecule has 0 saturated carbocycles. The van der Waals surface area contributed by atoms with Crippen molar-refractivity contribution >= 4 is 33.1 Å². The molecule has 1 amide bonds. The number of rotatable bonds is 8. The van der Waals surface area contributed by atoms with Crippen LogP contribution in [0.3, 0.4) is 0 Å². The first kappa shape index (κ1) is 32.4. The number of nitrogens with one attached hydrogen (secondary N) is 2. The molecule has 2 aromatic carbocycles. The second-order valence-corrected chi connectivity index (χ2v) is 14.3. The van der Waals surface area contributed by atoms with Crippen molar-refractivity contribution in [3.8, 4) is 27.6 Å². The Morgan fingerprint density at radius 1 is 1.06 bits per heavy atom. The normalized spacial score (nSPS) is 17.8. The van der Waals surface area contributed by atoms with E-state index in [0.717, 1.165) is 53.1 Å². The van der Waals surface area contributed by atoms with Crippen LogP contribution >= 0.6 is 11.3 Å². The average Bonchev–Trinajstić information content (AvgIpc) is 3.98. The van der Waals surface area contributed by atoms with Gasteiger partial charge in [-0.2, -0.15) is 13.2 Å². The van der Waals surface area contributed by atoms with E-state index in [-0.39, 0.29) is 42.2 Å². The Balaban J connectivity index is 1.21. The van der Waals surface area contributed by atoms with E-state index >= 15 is 0 Å². The van der Waals surface area contributed by atoms with Crippen molar-refractivity contribution in [1.82, 2.24) is 25.0 Å². The number of aryl methyl sites for hydroxylation is 2. The summed E-state index contributed by atoms with van der Waals surface area (Å²) in [4.78, 5) is 41.5. The summed E-state index contributed by atoms with van der Waals surface area (Å²) in [6, 6.07) is 15.2. The van der Waals surface area contributed by atoms with Crippen molar-refractivity contribution in [2.45, 2.75) is 56.8 Å². The highest BCUT2D eigenvalue weighted by Gasteiger charge is 2.45. The number of hydrogen-bond acceptors (Lipinski definition) is 9. The van der Waals surface area contributed by atoms with Crippen LogP contribution < -0.4 is 15.8 Å². The third-order valence-corrected chi connectivity index (χ3v) is 11.6. The van der Waals surface area contributed by atoms with Gasteiger partial charge in [-0.3, -0.25) is 19.3 Å². The fourth-order valence-electron chi connectivity index (χ4n) is 8.16. The largest absolute Gasteiger partial charge is 0.496 e. The van der Waals surface area contributed by atoms with Crippen LogP contribution in [0.2, 0.25) is 0 Å². The lowest BCUT2D eigenvalue weighted by Crippen LogP contribution is -2.22. The number of fused-ring (bicyclic) bond motifs is 5. The molecule has 0 radical (unpaired) electrons. The van der Waals surface area contributed by atoms with Gasteiger partial charge < -0.3 is 15.0 Å². The molecular weight excluding hydrogens is 694 g/mol. The first-order valence-corrected chi connectivity index (χ1v) is 17.9. The number of alkyl halides is 3. The standard InChI is InChI=1S/C38H31F3N6O4S/c1-50-27-10-4-7-21-22(27)12-14-24(21)44-35-33-20(15-16-42-35)18-28(52-33)30-29(34-45-37(49)51-46-34)25(13-11-19-6-2-3-8-23(19)38(39,40)41)43-32-26-9-5-17-47(26)36(48)31(30)32/h2-4,6-8,10,15-16,18,24,26H,5,9,11-14,17H2,1H3,(H,42,44)(H,45,46,49). The summed E-state index contributed by atoms with van der Waals surface area (Å²) in [6.07, 6.45) is 0.562. The van der Waals surface area contributed by atoms with Crippen molar-refractivity contribution in [2.24, 2.45) is 0 Å². The molecule has 52 heavy (non-hydrogen) atoms. The highest BCUT2D eigenvalue weighted by atomic mass is 32.1. The second kappa shape index (κ2) is 12.3. The van der Waals surface area contributed by atoms with Crippen LogP contribution in [0, 0.1) is 0 Å². The maximum atomic E-state index is 14.2. The number of benzene rings is 2. The maximum absolute atomic E-state index is 14.2. The molecule has 6 aromatic rings. The van der Waals surface area contributed by atoms with Crippen LogP contribution in [0.5, 0.6) is 5.75 Å². The summed E-state index contributed by atoms with van der Waals surface area (Å²) in [5, 5.41) is 8.57. The number of carbonyl (C=O) groups excluding carboxylic acids is 1. The van der Waals surface area contributed by atoms with E-state index < -0.39 is 17.5 Å². The number of halogens is 3. The Labute approximate surface area is 298 Å². The number of hydrogen-bond donors (Lipinski definition) is 2. The number of amides is 1. The van der Waals surface area contributed by atoms with Gasteiger partial charge >= 0.3 is 11.9 Å². The number of methoxy groups -OCH3 is 1. The van der Waals surface area contributed by atoms with Gasteiger partial charge in [0.25, 0.3) is 5.91 Å². The number of nitrogens with zero attached hydrogens (tertiary/aromatic N) is 4. The third kappa shape index (κ3) is 5.26. The third-order valence-electron chi connectivity index (χ3n) is 10.4. The SMILES string of the molecule is COc1cccc2c1CCC2Nc1nccc2cc(-c3c4c(nc(CCc5ccccc5C(F)(F)F)c3-c3noc(=O)[nH]3)C3CCCN3C4=O)sc12. The lowest BCUT2D eigenvalue weighted by atomic mass is 9.92. The van der Waals surface area contributed by atoms with Crippen molar-refractivity contribution in [3.63, 3.8) is 0 Å². The number of pyridine rings is 2. The van der Waals surface area contributed by atoms with Crippen LogP contribution in [0.25, 0.3) is 31.9 Å². The Bertz CT molecular complexity index is 2450. The van der Waals surface area contributed by atoms with E-state index in [0.29, 0.717) is 45.3 Å². The molecule has 264 valence electrons. The average molecular weight is 725 g/mol. The van der Waals surface area contributed by atoms with Gasteiger partial charge in [0.15, 0.2) is 5.82 Å². The molecule has 14 heteroatoms. The second-order valence-electron chi connectivity index (χ2n) is 13.3. The zero-order valence-electron chi connectivity index (χ0n) is 27.8. The number of aromatic nitrogens is 4. The van der Waals surface area contributed by atoms with Gasteiger partial charge in [-0.25, -0.2) is 9.78 Å². The predicted molar refractivity (Wildman–Crippen MR) is 189 cm³/mol. The van der Waals surface area contributed by atoms with Crippen LogP contribution in [-0.4, -0.2) is 44.6 Å². The first-order chi connectivity index (χ1) is 25.2. The van der Waals surface area contributed by atoms with Crippen LogP contribution in [0.15, 0.2) is 70.1 Å². The van der Waals surface area contributed by atoms with Gasteiger partial charge in [0.1, 0.15) is 11.6 Å². The summed E-state index contributed by atoms with van der Waals surface area (Å²) in [7, 11) is 1.67. The van der Waals surface area contributed by atoms with Gasteiger partial charge in [-0.1, -0.05) is 35.5 Å². The highest BCUT2D eigenvalue weighted by molar-refractivity contribution is 7.23. The summed E-state index contributed by atoms with van der Waals surface area (Å²) < 4.78 is 53.5. The molecule has 3 aliphatic rings.